The molecule has 1 atom stereocenters. The lowest BCUT2D eigenvalue weighted by atomic mass is 9.98. The summed E-state index contributed by atoms with van der Waals surface area (Å²) < 4.78 is 17.4. The molecule has 0 radical (unpaired) electrons. The van der Waals surface area contributed by atoms with Crippen molar-refractivity contribution in [1.82, 2.24) is 0 Å². The van der Waals surface area contributed by atoms with E-state index in [1.54, 1.807) is 0 Å². The average molecular weight is 210 g/mol. The fraction of sp³-hybridized carbons (Fsp3) is 0.200. The summed E-state index contributed by atoms with van der Waals surface area (Å²) in [6.45, 7) is 0. The van der Waals surface area contributed by atoms with Crippen molar-refractivity contribution in [2.45, 2.75) is 12.5 Å². The molecule has 1 aromatic carbocycles. The van der Waals surface area contributed by atoms with E-state index in [4.69, 9.17) is 5.11 Å². The van der Waals surface area contributed by atoms with Gasteiger partial charge >= 0.3 is 11.9 Å². The van der Waals surface area contributed by atoms with Crippen LogP contribution in [0.15, 0.2) is 18.2 Å². The Balaban J connectivity index is 2.41. The number of carboxylic acids is 1. The zero-order valence-electron chi connectivity index (χ0n) is 7.57. The Morgan fingerprint density at radius 3 is 2.93 bits per heavy atom. The largest absolute Gasteiger partial charge is 0.478 e. The summed E-state index contributed by atoms with van der Waals surface area (Å²) in [6.07, 6.45) is -1.09. The zero-order chi connectivity index (χ0) is 11.0. The van der Waals surface area contributed by atoms with Gasteiger partial charge in [-0.05, 0) is 17.7 Å². The molecule has 2 rings (SSSR count). The molecule has 0 saturated heterocycles. The topological polar surface area (TPSA) is 63.6 Å². The summed E-state index contributed by atoms with van der Waals surface area (Å²) in [5, 5.41) is 8.68. The van der Waals surface area contributed by atoms with Crippen molar-refractivity contribution in [3.8, 4) is 0 Å². The molecular weight excluding hydrogens is 203 g/mol. The second kappa shape index (κ2) is 3.34. The summed E-state index contributed by atoms with van der Waals surface area (Å²) in [7, 11) is 0. The van der Waals surface area contributed by atoms with Crippen molar-refractivity contribution in [2.24, 2.45) is 0 Å². The highest BCUT2D eigenvalue weighted by Gasteiger charge is 2.31. The molecule has 1 aliphatic heterocycles. The van der Waals surface area contributed by atoms with Crippen LogP contribution in [0.1, 0.15) is 15.9 Å². The SMILES string of the molecule is O=C1O[C@H](C(=O)O)Cc2ccc(F)cc21. The lowest BCUT2D eigenvalue weighted by Gasteiger charge is -2.21. The maximum atomic E-state index is 12.8. The quantitative estimate of drug-likeness (QED) is 0.702. The number of carboxylic acid groups (broad SMARTS) is 1. The monoisotopic (exact) mass is 210 g/mol. The molecule has 1 N–H and O–H groups in total. The highest BCUT2D eigenvalue weighted by molar-refractivity contribution is 5.94. The van der Waals surface area contributed by atoms with Gasteiger partial charge in [-0.2, -0.15) is 0 Å². The maximum absolute atomic E-state index is 12.8. The third-order valence-corrected chi connectivity index (χ3v) is 2.22. The molecule has 4 nitrogen and oxygen atoms in total. The molecule has 0 fully saturated rings. The fourth-order valence-electron chi connectivity index (χ4n) is 1.49. The van der Waals surface area contributed by atoms with Gasteiger partial charge in [0.25, 0.3) is 0 Å². The van der Waals surface area contributed by atoms with E-state index in [1.807, 2.05) is 0 Å². The third-order valence-electron chi connectivity index (χ3n) is 2.22. The summed E-state index contributed by atoms with van der Waals surface area (Å²) in [5.41, 5.74) is 0.604. The zero-order valence-corrected chi connectivity index (χ0v) is 7.57. The number of cyclic esters (lactones) is 1. The van der Waals surface area contributed by atoms with E-state index < -0.39 is 23.9 Å². The lowest BCUT2D eigenvalue weighted by Crippen LogP contribution is -2.34. The normalized spacial score (nSPS) is 19.3. The number of fused-ring (bicyclic) bond motifs is 1. The van der Waals surface area contributed by atoms with Gasteiger partial charge < -0.3 is 9.84 Å². The van der Waals surface area contributed by atoms with Crippen LogP contribution in [0.25, 0.3) is 0 Å². The van der Waals surface area contributed by atoms with Gasteiger partial charge in [-0.3, -0.25) is 0 Å². The van der Waals surface area contributed by atoms with Crippen LogP contribution in [-0.4, -0.2) is 23.1 Å². The Morgan fingerprint density at radius 2 is 2.27 bits per heavy atom. The average Bonchev–Trinajstić information content (AvgIpc) is 2.18. The van der Waals surface area contributed by atoms with Crippen molar-refractivity contribution >= 4 is 11.9 Å². The van der Waals surface area contributed by atoms with Crippen molar-refractivity contribution in [3.63, 3.8) is 0 Å². The minimum atomic E-state index is -1.20. The van der Waals surface area contributed by atoms with E-state index in [1.165, 1.54) is 12.1 Å². The number of ether oxygens (including phenoxy) is 1. The van der Waals surface area contributed by atoms with Crippen LogP contribution in [0.2, 0.25) is 0 Å². The van der Waals surface area contributed by atoms with Gasteiger partial charge in [-0.15, -0.1) is 0 Å². The van der Waals surface area contributed by atoms with E-state index >= 15 is 0 Å². The van der Waals surface area contributed by atoms with Gasteiger partial charge in [0, 0.05) is 6.42 Å². The number of carbonyl (C=O) groups is 2. The van der Waals surface area contributed by atoms with Crippen LogP contribution < -0.4 is 0 Å². The minimum absolute atomic E-state index is 0.0800. The third kappa shape index (κ3) is 1.68. The first-order valence-electron chi connectivity index (χ1n) is 4.30. The molecule has 0 saturated carbocycles. The van der Waals surface area contributed by atoms with Crippen molar-refractivity contribution < 1.29 is 23.8 Å². The van der Waals surface area contributed by atoms with Gasteiger partial charge in [0.2, 0.25) is 6.10 Å². The number of esters is 1. The number of aliphatic carboxylic acids is 1. The first-order valence-corrected chi connectivity index (χ1v) is 4.30. The molecule has 0 unspecified atom stereocenters. The highest BCUT2D eigenvalue weighted by atomic mass is 19.1. The molecule has 0 spiro atoms. The van der Waals surface area contributed by atoms with Crippen LogP contribution >= 0.6 is 0 Å². The molecule has 15 heavy (non-hydrogen) atoms. The van der Waals surface area contributed by atoms with Crippen molar-refractivity contribution in [2.75, 3.05) is 0 Å². The van der Waals surface area contributed by atoms with Gasteiger partial charge in [-0.1, -0.05) is 6.07 Å². The number of halogens is 1. The van der Waals surface area contributed by atoms with Crippen LogP contribution in [0.4, 0.5) is 4.39 Å². The minimum Gasteiger partial charge on any atom is -0.478 e. The maximum Gasteiger partial charge on any atom is 0.345 e. The first-order chi connectivity index (χ1) is 7.08. The van der Waals surface area contributed by atoms with E-state index in [9.17, 15) is 14.0 Å². The summed E-state index contributed by atoms with van der Waals surface area (Å²) in [5.74, 6) is -2.53. The number of rotatable bonds is 1. The predicted molar refractivity (Wildman–Crippen MR) is 46.9 cm³/mol. The highest BCUT2D eigenvalue weighted by Crippen LogP contribution is 2.21. The molecular formula is C10H7FO4. The standard InChI is InChI=1S/C10H7FO4/c11-6-2-1-5-3-8(9(12)13)15-10(14)7(5)4-6/h1-2,4,8H,3H2,(H,12,13)/t8-/m0/s1. The molecule has 1 heterocycles. The molecule has 1 aliphatic rings. The summed E-state index contributed by atoms with van der Waals surface area (Å²) in [6, 6.07) is 3.65. The second-order valence-electron chi connectivity index (χ2n) is 3.24. The van der Waals surface area contributed by atoms with E-state index in [0.29, 0.717) is 5.56 Å². The first kappa shape index (κ1) is 9.64. The number of hydrogen-bond donors (Lipinski definition) is 1. The van der Waals surface area contributed by atoms with Crippen LogP contribution in [-0.2, 0) is 16.0 Å². The van der Waals surface area contributed by atoms with Gasteiger partial charge in [0.15, 0.2) is 0 Å². The van der Waals surface area contributed by atoms with Crippen LogP contribution in [0, 0.1) is 5.82 Å². The predicted octanol–water partition coefficient (Wildman–Crippen LogP) is 0.992. The Bertz CT molecular complexity index is 441. The van der Waals surface area contributed by atoms with Gasteiger partial charge in [-0.25, -0.2) is 14.0 Å². The number of benzene rings is 1. The molecule has 1 aromatic rings. The van der Waals surface area contributed by atoms with E-state index in [-0.39, 0.29) is 12.0 Å². The summed E-state index contributed by atoms with van der Waals surface area (Å²) in [4.78, 5) is 21.9. The second-order valence-corrected chi connectivity index (χ2v) is 3.24. The molecule has 0 aromatic heterocycles. The van der Waals surface area contributed by atoms with Crippen LogP contribution in [0.3, 0.4) is 0 Å². The molecule has 0 amide bonds. The fourth-order valence-corrected chi connectivity index (χ4v) is 1.49. The smallest absolute Gasteiger partial charge is 0.345 e. The molecule has 78 valence electrons. The van der Waals surface area contributed by atoms with Gasteiger partial charge in [0.1, 0.15) is 5.82 Å². The van der Waals surface area contributed by atoms with Gasteiger partial charge in [0.05, 0.1) is 5.56 Å². The Hall–Kier alpha value is -1.91. The van der Waals surface area contributed by atoms with Crippen LogP contribution in [0.5, 0.6) is 0 Å². The Labute approximate surface area is 84.3 Å². The Morgan fingerprint density at radius 1 is 1.53 bits per heavy atom. The van der Waals surface area contributed by atoms with Crippen molar-refractivity contribution in [3.05, 3.63) is 35.1 Å². The lowest BCUT2D eigenvalue weighted by molar-refractivity contribution is -0.147. The molecule has 0 aliphatic carbocycles. The van der Waals surface area contributed by atoms with E-state index in [2.05, 4.69) is 4.74 Å². The summed E-state index contributed by atoms with van der Waals surface area (Å²) >= 11 is 0. The molecule has 0 bridgehead atoms. The number of carbonyl (C=O) groups excluding carboxylic acids is 1. The Kier molecular flexibility index (Phi) is 2.15. The molecule has 5 heteroatoms. The number of hydrogen-bond acceptors (Lipinski definition) is 3. The van der Waals surface area contributed by atoms with E-state index in [0.717, 1.165) is 6.07 Å². The van der Waals surface area contributed by atoms with Crippen molar-refractivity contribution in [1.29, 1.82) is 0 Å².